The van der Waals surface area contributed by atoms with Crippen LogP contribution in [0.3, 0.4) is 0 Å². The molecule has 0 heterocycles. The van der Waals surface area contributed by atoms with Gasteiger partial charge in [0.2, 0.25) is 0 Å². The molecule has 112 valence electrons. The van der Waals surface area contributed by atoms with Crippen LogP contribution in [-0.4, -0.2) is 6.54 Å². The Morgan fingerprint density at radius 2 is 1.57 bits per heavy atom. The summed E-state index contributed by atoms with van der Waals surface area (Å²) in [6, 6.07) is 16.5. The highest BCUT2D eigenvalue weighted by Gasteiger charge is 1.98. The van der Waals surface area contributed by atoms with Gasteiger partial charge >= 0.3 is 0 Å². The Labute approximate surface area is 135 Å². The summed E-state index contributed by atoms with van der Waals surface area (Å²) in [5, 5.41) is 3.45. The summed E-state index contributed by atoms with van der Waals surface area (Å²) in [7, 11) is 0. The second kappa shape index (κ2) is 8.20. The van der Waals surface area contributed by atoms with Crippen LogP contribution in [0.2, 0.25) is 0 Å². The van der Waals surface area contributed by atoms with Gasteiger partial charge in [-0.2, -0.15) is 0 Å². The second-order valence-electron chi connectivity index (χ2n) is 5.58. The number of benzene rings is 2. The van der Waals surface area contributed by atoms with Gasteiger partial charge in [0.05, 0.1) is 0 Å². The Morgan fingerprint density at radius 1 is 0.952 bits per heavy atom. The Bertz CT molecular complexity index is 534. The number of hydrogen-bond donors (Lipinski definition) is 1. The first-order chi connectivity index (χ1) is 10.1. The molecule has 2 aromatic carbocycles. The van der Waals surface area contributed by atoms with Crippen LogP contribution in [0, 0.1) is 5.92 Å². The lowest BCUT2D eigenvalue weighted by Crippen LogP contribution is -2.18. The number of ether oxygens (including phenoxy) is 1. The third-order valence-corrected chi connectivity index (χ3v) is 3.65. The zero-order valence-corrected chi connectivity index (χ0v) is 14.2. The summed E-state index contributed by atoms with van der Waals surface area (Å²) in [6.45, 7) is 7.01. The predicted molar refractivity (Wildman–Crippen MR) is 91.5 cm³/mol. The van der Waals surface area contributed by atoms with Gasteiger partial charge < -0.3 is 10.1 Å². The van der Waals surface area contributed by atoms with Crippen molar-refractivity contribution in [3.05, 3.63) is 64.1 Å². The van der Waals surface area contributed by atoms with Crippen molar-refractivity contribution in [2.75, 3.05) is 6.54 Å². The second-order valence-corrected chi connectivity index (χ2v) is 6.50. The molecule has 0 fully saturated rings. The normalized spacial score (nSPS) is 10.9. The molecule has 0 spiro atoms. The number of nitrogens with one attached hydrogen (secondary N) is 1. The van der Waals surface area contributed by atoms with Crippen molar-refractivity contribution in [3.8, 4) is 5.75 Å². The van der Waals surface area contributed by atoms with Crippen molar-refractivity contribution in [2.24, 2.45) is 5.92 Å². The Kier molecular flexibility index (Phi) is 6.27. The van der Waals surface area contributed by atoms with Gasteiger partial charge in [-0.25, -0.2) is 0 Å². The van der Waals surface area contributed by atoms with E-state index < -0.39 is 0 Å². The minimum Gasteiger partial charge on any atom is -0.489 e. The van der Waals surface area contributed by atoms with E-state index in [2.05, 4.69) is 59.4 Å². The molecule has 1 N–H and O–H groups in total. The van der Waals surface area contributed by atoms with E-state index in [0.29, 0.717) is 12.5 Å². The van der Waals surface area contributed by atoms with Crippen LogP contribution in [0.15, 0.2) is 53.0 Å². The number of halogens is 1. The number of hydrogen-bond acceptors (Lipinski definition) is 2. The molecule has 21 heavy (non-hydrogen) atoms. The Balaban J connectivity index is 1.80. The molecular weight excluding hydrogens is 326 g/mol. The fourth-order valence-corrected chi connectivity index (χ4v) is 2.22. The van der Waals surface area contributed by atoms with Gasteiger partial charge in [0.25, 0.3) is 0 Å². The van der Waals surface area contributed by atoms with E-state index in [4.69, 9.17) is 4.74 Å². The van der Waals surface area contributed by atoms with Crippen molar-refractivity contribution < 1.29 is 4.74 Å². The molecule has 0 saturated carbocycles. The maximum atomic E-state index is 5.76. The molecule has 0 aliphatic rings. The van der Waals surface area contributed by atoms with Gasteiger partial charge in [0.1, 0.15) is 12.4 Å². The lowest BCUT2D eigenvalue weighted by Gasteiger charge is -2.09. The van der Waals surface area contributed by atoms with Gasteiger partial charge in [-0.15, -0.1) is 0 Å². The van der Waals surface area contributed by atoms with E-state index in [0.717, 1.165) is 23.3 Å². The molecule has 2 rings (SSSR count). The molecule has 0 bridgehead atoms. The van der Waals surface area contributed by atoms with Crippen molar-refractivity contribution in [3.63, 3.8) is 0 Å². The molecule has 3 heteroatoms. The first kappa shape index (κ1) is 16.1. The highest BCUT2D eigenvalue weighted by atomic mass is 79.9. The predicted octanol–water partition coefficient (Wildman–Crippen LogP) is 4.77. The minimum absolute atomic E-state index is 0.599. The average molecular weight is 348 g/mol. The van der Waals surface area contributed by atoms with Gasteiger partial charge in [-0.1, -0.05) is 54.0 Å². The fraction of sp³-hybridized carbons (Fsp3) is 0.333. The fourth-order valence-electron chi connectivity index (χ4n) is 1.96. The first-order valence-electron chi connectivity index (χ1n) is 7.30. The molecule has 2 aromatic rings. The van der Waals surface area contributed by atoms with E-state index in [1.807, 2.05) is 24.3 Å². The van der Waals surface area contributed by atoms with Crippen molar-refractivity contribution in [1.82, 2.24) is 5.32 Å². The van der Waals surface area contributed by atoms with Crippen LogP contribution in [0.4, 0.5) is 0 Å². The standard InChI is InChI=1S/C18H22BrNO/c1-14(2)11-20-12-15-3-5-16(6-4-15)13-21-18-9-7-17(19)8-10-18/h3-10,14,20H,11-13H2,1-2H3. The average Bonchev–Trinajstić information content (AvgIpc) is 2.48. The van der Waals surface area contributed by atoms with Crippen LogP contribution in [0.25, 0.3) is 0 Å². The minimum atomic E-state index is 0.599. The molecule has 0 aliphatic carbocycles. The molecule has 2 nitrogen and oxygen atoms in total. The summed E-state index contributed by atoms with van der Waals surface area (Å²) in [6.07, 6.45) is 0. The van der Waals surface area contributed by atoms with E-state index in [9.17, 15) is 0 Å². The monoisotopic (exact) mass is 347 g/mol. The van der Waals surface area contributed by atoms with E-state index in [-0.39, 0.29) is 0 Å². The highest BCUT2D eigenvalue weighted by molar-refractivity contribution is 9.10. The summed E-state index contributed by atoms with van der Waals surface area (Å²) in [5.41, 5.74) is 2.49. The lowest BCUT2D eigenvalue weighted by atomic mass is 10.1. The summed E-state index contributed by atoms with van der Waals surface area (Å²) in [4.78, 5) is 0. The largest absolute Gasteiger partial charge is 0.489 e. The molecule has 0 aromatic heterocycles. The quantitative estimate of drug-likeness (QED) is 0.778. The molecular formula is C18H22BrNO. The summed E-state index contributed by atoms with van der Waals surface area (Å²) in [5.74, 6) is 1.57. The van der Waals surface area contributed by atoms with Crippen LogP contribution < -0.4 is 10.1 Å². The zero-order valence-electron chi connectivity index (χ0n) is 12.6. The zero-order chi connectivity index (χ0) is 15.1. The maximum absolute atomic E-state index is 5.76. The molecule has 0 radical (unpaired) electrons. The smallest absolute Gasteiger partial charge is 0.119 e. The SMILES string of the molecule is CC(C)CNCc1ccc(COc2ccc(Br)cc2)cc1. The lowest BCUT2D eigenvalue weighted by molar-refractivity contribution is 0.306. The third kappa shape index (κ3) is 5.90. The van der Waals surface area contributed by atoms with Gasteiger partial charge in [0, 0.05) is 11.0 Å². The Hall–Kier alpha value is -1.32. The van der Waals surface area contributed by atoms with Crippen molar-refractivity contribution in [1.29, 1.82) is 0 Å². The number of rotatable bonds is 7. The van der Waals surface area contributed by atoms with Crippen molar-refractivity contribution in [2.45, 2.75) is 27.0 Å². The maximum Gasteiger partial charge on any atom is 0.119 e. The van der Waals surface area contributed by atoms with Gasteiger partial charge in [-0.05, 0) is 47.9 Å². The Morgan fingerprint density at radius 3 is 2.19 bits per heavy atom. The molecule has 0 unspecified atom stereocenters. The molecule has 0 saturated heterocycles. The van der Waals surface area contributed by atoms with Crippen LogP contribution in [-0.2, 0) is 13.2 Å². The first-order valence-corrected chi connectivity index (χ1v) is 8.09. The topological polar surface area (TPSA) is 21.3 Å². The van der Waals surface area contributed by atoms with Crippen LogP contribution >= 0.6 is 15.9 Å². The van der Waals surface area contributed by atoms with Crippen LogP contribution in [0.5, 0.6) is 5.75 Å². The highest BCUT2D eigenvalue weighted by Crippen LogP contribution is 2.17. The van der Waals surface area contributed by atoms with E-state index >= 15 is 0 Å². The van der Waals surface area contributed by atoms with E-state index in [1.165, 1.54) is 11.1 Å². The van der Waals surface area contributed by atoms with Crippen LogP contribution in [0.1, 0.15) is 25.0 Å². The van der Waals surface area contributed by atoms with E-state index in [1.54, 1.807) is 0 Å². The van der Waals surface area contributed by atoms with Crippen molar-refractivity contribution >= 4 is 15.9 Å². The molecule has 0 atom stereocenters. The third-order valence-electron chi connectivity index (χ3n) is 3.12. The van der Waals surface area contributed by atoms with Gasteiger partial charge in [0.15, 0.2) is 0 Å². The summed E-state index contributed by atoms with van der Waals surface area (Å²) >= 11 is 3.42. The summed E-state index contributed by atoms with van der Waals surface area (Å²) < 4.78 is 6.83. The molecule has 0 amide bonds. The molecule has 0 aliphatic heterocycles. The van der Waals surface area contributed by atoms with Gasteiger partial charge in [-0.3, -0.25) is 0 Å².